The highest BCUT2D eigenvalue weighted by atomic mass is 19.1. The summed E-state index contributed by atoms with van der Waals surface area (Å²) in [4.78, 5) is 12.2. The van der Waals surface area contributed by atoms with Crippen LogP contribution in [0.1, 0.15) is 30.6 Å². The van der Waals surface area contributed by atoms with Crippen molar-refractivity contribution in [1.29, 1.82) is 0 Å². The van der Waals surface area contributed by atoms with E-state index in [1.54, 1.807) is 24.3 Å². The molecule has 2 N–H and O–H groups in total. The molecule has 0 aromatic heterocycles. The van der Waals surface area contributed by atoms with Crippen LogP contribution in [-0.4, -0.2) is 23.7 Å². The zero-order valence-corrected chi connectivity index (χ0v) is 12.3. The maximum absolute atomic E-state index is 13.7. The van der Waals surface area contributed by atoms with Crippen LogP contribution in [0, 0.1) is 11.7 Å². The quantitative estimate of drug-likeness (QED) is 0.888. The first-order valence-corrected chi connectivity index (χ1v) is 7.12. The van der Waals surface area contributed by atoms with Gasteiger partial charge in [-0.2, -0.15) is 0 Å². The predicted octanol–water partition coefficient (Wildman–Crippen LogP) is 3.12. The molecule has 2 aromatic carbocycles. The molecule has 3 nitrogen and oxygen atoms in total. The van der Waals surface area contributed by atoms with Crippen LogP contribution >= 0.6 is 0 Å². The maximum atomic E-state index is 13.7. The summed E-state index contributed by atoms with van der Waals surface area (Å²) < 4.78 is 13.7. The standard InChI is InChI=1S/C17H20FNO2/c1-11(2)9-12(20)10-19-17(21)15-7-8-16(18)14-6-4-3-5-13(14)15/h3-8,11-12,20H,9-10H2,1-2H3,(H,19,21). The summed E-state index contributed by atoms with van der Waals surface area (Å²) in [7, 11) is 0. The van der Waals surface area contributed by atoms with E-state index in [0.29, 0.717) is 28.7 Å². The van der Waals surface area contributed by atoms with Crippen LogP contribution in [0.2, 0.25) is 0 Å². The van der Waals surface area contributed by atoms with E-state index in [4.69, 9.17) is 0 Å². The molecule has 112 valence electrons. The number of fused-ring (bicyclic) bond motifs is 1. The predicted molar refractivity (Wildman–Crippen MR) is 81.7 cm³/mol. The minimum atomic E-state index is -0.569. The van der Waals surface area contributed by atoms with E-state index in [2.05, 4.69) is 5.32 Å². The second-order valence-electron chi connectivity index (χ2n) is 5.63. The van der Waals surface area contributed by atoms with E-state index >= 15 is 0 Å². The molecule has 0 saturated carbocycles. The van der Waals surface area contributed by atoms with E-state index in [1.807, 2.05) is 13.8 Å². The van der Waals surface area contributed by atoms with Gasteiger partial charge in [0.25, 0.3) is 5.91 Å². The lowest BCUT2D eigenvalue weighted by Gasteiger charge is -2.14. The van der Waals surface area contributed by atoms with Gasteiger partial charge in [0.15, 0.2) is 0 Å². The van der Waals surface area contributed by atoms with Crippen LogP contribution in [0.5, 0.6) is 0 Å². The van der Waals surface area contributed by atoms with Crippen molar-refractivity contribution in [2.75, 3.05) is 6.54 Å². The maximum Gasteiger partial charge on any atom is 0.252 e. The molecular weight excluding hydrogens is 269 g/mol. The Morgan fingerprint density at radius 2 is 1.86 bits per heavy atom. The summed E-state index contributed by atoms with van der Waals surface area (Å²) in [6.45, 7) is 4.22. The lowest BCUT2D eigenvalue weighted by Crippen LogP contribution is -2.32. The second kappa shape index (κ2) is 6.68. The molecule has 4 heteroatoms. The highest BCUT2D eigenvalue weighted by Crippen LogP contribution is 2.21. The molecule has 0 radical (unpaired) electrons. The van der Waals surface area contributed by atoms with Crippen molar-refractivity contribution in [3.8, 4) is 0 Å². The summed E-state index contributed by atoms with van der Waals surface area (Å²) in [5.41, 5.74) is 0.420. The Bertz CT molecular complexity index is 640. The first-order valence-electron chi connectivity index (χ1n) is 7.12. The van der Waals surface area contributed by atoms with Crippen LogP contribution in [0.4, 0.5) is 4.39 Å². The summed E-state index contributed by atoms with van der Waals surface area (Å²) in [5.74, 6) is -0.278. The highest BCUT2D eigenvalue weighted by Gasteiger charge is 2.14. The molecule has 0 aliphatic rings. The molecular formula is C17H20FNO2. The SMILES string of the molecule is CC(C)CC(O)CNC(=O)c1ccc(F)c2ccccc12. The first-order chi connectivity index (χ1) is 9.99. The molecule has 0 heterocycles. The smallest absolute Gasteiger partial charge is 0.252 e. The van der Waals surface area contributed by atoms with Crippen LogP contribution in [0.25, 0.3) is 10.8 Å². The van der Waals surface area contributed by atoms with Crippen molar-refractivity contribution in [3.05, 3.63) is 47.8 Å². The van der Waals surface area contributed by atoms with Gasteiger partial charge in [0, 0.05) is 17.5 Å². The number of carbonyl (C=O) groups excluding carboxylic acids is 1. The van der Waals surface area contributed by atoms with Gasteiger partial charge in [-0.15, -0.1) is 0 Å². The Morgan fingerprint density at radius 3 is 2.52 bits per heavy atom. The van der Waals surface area contributed by atoms with E-state index in [0.717, 1.165) is 0 Å². The summed E-state index contributed by atoms with van der Waals surface area (Å²) in [5, 5.41) is 13.5. The Labute approximate surface area is 123 Å². The molecule has 0 aliphatic carbocycles. The van der Waals surface area contributed by atoms with Gasteiger partial charge >= 0.3 is 0 Å². The van der Waals surface area contributed by atoms with Crippen LogP contribution < -0.4 is 5.32 Å². The second-order valence-corrected chi connectivity index (χ2v) is 5.63. The molecule has 0 spiro atoms. The molecule has 0 aliphatic heterocycles. The Kier molecular flexibility index (Phi) is 4.91. The molecule has 2 aromatic rings. The average Bonchev–Trinajstić information content (AvgIpc) is 2.45. The third kappa shape index (κ3) is 3.79. The zero-order chi connectivity index (χ0) is 15.4. The lowest BCUT2D eigenvalue weighted by molar-refractivity contribution is 0.0902. The Morgan fingerprint density at radius 1 is 1.19 bits per heavy atom. The third-order valence-electron chi connectivity index (χ3n) is 3.36. The molecule has 21 heavy (non-hydrogen) atoms. The molecule has 0 bridgehead atoms. The Hall–Kier alpha value is -1.94. The minimum absolute atomic E-state index is 0.197. The number of aliphatic hydroxyl groups excluding tert-OH is 1. The van der Waals surface area contributed by atoms with Crippen LogP contribution in [0.3, 0.4) is 0 Å². The van der Waals surface area contributed by atoms with Gasteiger partial charge in [-0.3, -0.25) is 4.79 Å². The summed E-state index contributed by atoms with van der Waals surface area (Å²) in [6.07, 6.45) is 0.0606. The first kappa shape index (κ1) is 15.4. The fourth-order valence-electron chi connectivity index (χ4n) is 2.39. The minimum Gasteiger partial charge on any atom is -0.391 e. The number of benzene rings is 2. The van der Waals surface area contributed by atoms with Crippen molar-refractivity contribution < 1.29 is 14.3 Å². The van der Waals surface area contributed by atoms with Crippen LogP contribution in [-0.2, 0) is 0 Å². The molecule has 1 unspecified atom stereocenters. The van der Waals surface area contributed by atoms with Crippen molar-refractivity contribution in [2.24, 2.45) is 5.92 Å². The van der Waals surface area contributed by atoms with Gasteiger partial charge in [0.05, 0.1) is 6.10 Å². The van der Waals surface area contributed by atoms with E-state index in [1.165, 1.54) is 12.1 Å². The number of rotatable bonds is 5. The molecule has 1 amide bonds. The van der Waals surface area contributed by atoms with E-state index in [9.17, 15) is 14.3 Å². The van der Waals surface area contributed by atoms with Gasteiger partial charge in [-0.05, 0) is 29.9 Å². The van der Waals surface area contributed by atoms with Crippen LogP contribution in [0.15, 0.2) is 36.4 Å². The van der Waals surface area contributed by atoms with E-state index < -0.39 is 6.10 Å². The fraction of sp³-hybridized carbons (Fsp3) is 0.353. The number of nitrogens with one attached hydrogen (secondary N) is 1. The summed E-state index contributed by atoms with van der Waals surface area (Å²) >= 11 is 0. The number of aliphatic hydroxyl groups is 1. The van der Waals surface area contributed by atoms with Crippen molar-refractivity contribution in [2.45, 2.75) is 26.4 Å². The van der Waals surface area contributed by atoms with Gasteiger partial charge in [0.2, 0.25) is 0 Å². The third-order valence-corrected chi connectivity index (χ3v) is 3.36. The van der Waals surface area contributed by atoms with E-state index in [-0.39, 0.29) is 18.3 Å². The van der Waals surface area contributed by atoms with Crippen molar-refractivity contribution >= 4 is 16.7 Å². The zero-order valence-electron chi connectivity index (χ0n) is 12.3. The monoisotopic (exact) mass is 289 g/mol. The van der Waals surface area contributed by atoms with Gasteiger partial charge < -0.3 is 10.4 Å². The molecule has 0 fully saturated rings. The normalized spacial score (nSPS) is 12.6. The highest BCUT2D eigenvalue weighted by molar-refractivity contribution is 6.07. The number of hydrogen-bond acceptors (Lipinski definition) is 2. The number of carbonyl (C=O) groups is 1. The fourth-order valence-corrected chi connectivity index (χ4v) is 2.39. The molecule has 0 saturated heterocycles. The molecule has 1 atom stereocenters. The van der Waals surface area contributed by atoms with Gasteiger partial charge in [-0.1, -0.05) is 38.1 Å². The summed E-state index contributed by atoms with van der Waals surface area (Å²) in [6, 6.07) is 9.64. The average molecular weight is 289 g/mol. The van der Waals surface area contributed by atoms with Gasteiger partial charge in [-0.25, -0.2) is 4.39 Å². The lowest BCUT2D eigenvalue weighted by atomic mass is 10.0. The largest absolute Gasteiger partial charge is 0.391 e. The molecule has 2 rings (SSSR count). The van der Waals surface area contributed by atoms with Crippen molar-refractivity contribution in [3.63, 3.8) is 0 Å². The number of amides is 1. The Balaban J connectivity index is 2.15. The van der Waals surface area contributed by atoms with Crippen molar-refractivity contribution in [1.82, 2.24) is 5.32 Å². The van der Waals surface area contributed by atoms with Gasteiger partial charge in [0.1, 0.15) is 5.82 Å². The number of halogens is 1. The number of hydrogen-bond donors (Lipinski definition) is 2. The topological polar surface area (TPSA) is 49.3 Å².